The minimum Gasteiger partial charge on any atom is -0.496 e. The first-order chi connectivity index (χ1) is 14.8. The van der Waals surface area contributed by atoms with Crippen LogP contribution in [0.5, 0.6) is 5.75 Å². The second-order valence-electron chi connectivity index (χ2n) is 6.69. The molecule has 3 aromatic rings. The fraction of sp³-hybridized carbons (Fsp3) is 0.227. The maximum Gasteiger partial charge on any atom is 0.339 e. The number of nitrogens with zero attached hydrogens (tertiary/aromatic N) is 2. The van der Waals surface area contributed by atoms with Gasteiger partial charge in [-0.2, -0.15) is 0 Å². The minimum atomic E-state index is -0.701. The van der Waals surface area contributed by atoms with E-state index in [2.05, 4.69) is 10.3 Å². The third kappa shape index (κ3) is 4.61. The number of benzene rings is 2. The first-order valence-electron chi connectivity index (χ1n) is 9.53. The van der Waals surface area contributed by atoms with E-state index in [-0.39, 0.29) is 17.1 Å². The van der Waals surface area contributed by atoms with Gasteiger partial charge in [0.1, 0.15) is 11.4 Å². The van der Waals surface area contributed by atoms with Gasteiger partial charge in [-0.1, -0.05) is 25.1 Å². The number of hydrogen-bond donors (Lipinski definition) is 1. The predicted octanol–water partition coefficient (Wildman–Crippen LogP) is 3.82. The zero-order valence-corrected chi connectivity index (χ0v) is 17.3. The Balaban J connectivity index is 1.78. The highest BCUT2D eigenvalue weighted by Crippen LogP contribution is 2.29. The number of fused-ring (bicyclic) bond motifs is 1. The Morgan fingerprint density at radius 1 is 1.19 bits per heavy atom. The van der Waals surface area contributed by atoms with E-state index in [4.69, 9.17) is 9.47 Å². The molecule has 0 saturated heterocycles. The van der Waals surface area contributed by atoms with Crippen LogP contribution in [0.4, 0.5) is 11.4 Å². The molecule has 9 heteroatoms. The standard InChI is InChI=1S/C22H21N3O6/c1-4-16-13(2)21(15-7-5-6-8-17(15)23-16)22(27)31-12-20(26)24-18-10-9-14(30-3)11-19(18)25(28)29/h5-11H,4,12H2,1-3H3,(H,24,26). The number of para-hydroxylation sites is 1. The van der Waals surface area contributed by atoms with Gasteiger partial charge >= 0.3 is 5.97 Å². The summed E-state index contributed by atoms with van der Waals surface area (Å²) >= 11 is 0. The zero-order chi connectivity index (χ0) is 22.5. The number of aryl methyl sites for hydroxylation is 1. The van der Waals surface area contributed by atoms with Crippen molar-refractivity contribution in [2.24, 2.45) is 0 Å². The van der Waals surface area contributed by atoms with Crippen molar-refractivity contribution in [3.8, 4) is 5.75 Å². The zero-order valence-electron chi connectivity index (χ0n) is 17.3. The molecule has 31 heavy (non-hydrogen) atoms. The van der Waals surface area contributed by atoms with Crippen LogP contribution in [-0.2, 0) is 16.0 Å². The van der Waals surface area contributed by atoms with E-state index in [1.54, 1.807) is 25.1 Å². The number of pyridine rings is 1. The second-order valence-corrected chi connectivity index (χ2v) is 6.69. The minimum absolute atomic E-state index is 0.0225. The summed E-state index contributed by atoms with van der Waals surface area (Å²) in [7, 11) is 1.38. The third-order valence-corrected chi connectivity index (χ3v) is 4.79. The van der Waals surface area contributed by atoms with Crippen molar-refractivity contribution >= 4 is 34.2 Å². The molecule has 1 amide bonds. The van der Waals surface area contributed by atoms with E-state index in [0.717, 1.165) is 5.69 Å². The van der Waals surface area contributed by atoms with Crippen molar-refractivity contribution in [1.29, 1.82) is 0 Å². The molecular weight excluding hydrogens is 402 g/mol. The molecule has 1 N–H and O–H groups in total. The first kappa shape index (κ1) is 21.7. The summed E-state index contributed by atoms with van der Waals surface area (Å²) in [5.74, 6) is -1.08. The van der Waals surface area contributed by atoms with Crippen LogP contribution in [0.25, 0.3) is 10.9 Å². The summed E-state index contributed by atoms with van der Waals surface area (Å²) in [4.78, 5) is 40.3. The largest absolute Gasteiger partial charge is 0.496 e. The molecule has 0 bridgehead atoms. The molecule has 1 aromatic heterocycles. The van der Waals surface area contributed by atoms with Gasteiger partial charge in [-0.05, 0) is 37.1 Å². The molecule has 0 aliphatic carbocycles. The van der Waals surface area contributed by atoms with Gasteiger partial charge in [0, 0.05) is 11.1 Å². The van der Waals surface area contributed by atoms with Gasteiger partial charge < -0.3 is 14.8 Å². The molecule has 0 aliphatic heterocycles. The molecule has 9 nitrogen and oxygen atoms in total. The summed E-state index contributed by atoms with van der Waals surface area (Å²) in [6.07, 6.45) is 0.637. The SMILES string of the molecule is CCc1nc2ccccc2c(C(=O)OCC(=O)Nc2ccc(OC)cc2[N+](=O)[O-])c1C. The number of ether oxygens (including phenoxy) is 2. The fourth-order valence-electron chi connectivity index (χ4n) is 3.25. The van der Waals surface area contributed by atoms with Gasteiger partial charge in [0.25, 0.3) is 11.6 Å². The van der Waals surface area contributed by atoms with E-state index >= 15 is 0 Å². The quantitative estimate of drug-likeness (QED) is 0.348. The lowest BCUT2D eigenvalue weighted by Gasteiger charge is -2.13. The fourth-order valence-corrected chi connectivity index (χ4v) is 3.25. The van der Waals surface area contributed by atoms with Crippen molar-refractivity contribution < 1.29 is 24.0 Å². The van der Waals surface area contributed by atoms with E-state index in [1.165, 1.54) is 25.3 Å². The Bertz CT molecular complexity index is 1180. The normalized spacial score (nSPS) is 10.5. The molecule has 160 valence electrons. The number of anilines is 1. The second kappa shape index (κ2) is 9.21. The number of nitro groups is 1. The summed E-state index contributed by atoms with van der Waals surface area (Å²) < 4.78 is 10.2. The van der Waals surface area contributed by atoms with E-state index in [1.807, 2.05) is 13.0 Å². The topological polar surface area (TPSA) is 121 Å². The average molecular weight is 423 g/mol. The Kier molecular flexibility index (Phi) is 6.44. The molecule has 0 atom stereocenters. The Hall–Kier alpha value is -4.01. The highest BCUT2D eigenvalue weighted by atomic mass is 16.6. The maximum absolute atomic E-state index is 12.8. The lowest BCUT2D eigenvalue weighted by atomic mass is 10.0. The van der Waals surface area contributed by atoms with Crippen LogP contribution in [0.15, 0.2) is 42.5 Å². The summed E-state index contributed by atoms with van der Waals surface area (Å²) in [5.41, 5.74) is 2.12. The average Bonchev–Trinajstić information content (AvgIpc) is 2.77. The smallest absolute Gasteiger partial charge is 0.339 e. The lowest BCUT2D eigenvalue weighted by Crippen LogP contribution is -2.22. The molecule has 0 radical (unpaired) electrons. The van der Waals surface area contributed by atoms with Crippen LogP contribution in [0, 0.1) is 17.0 Å². The molecule has 0 saturated carbocycles. The molecule has 3 rings (SSSR count). The number of carbonyl (C=O) groups is 2. The molecular formula is C22H21N3O6. The summed E-state index contributed by atoms with van der Waals surface area (Å²) in [5, 5.41) is 14.3. The number of esters is 1. The van der Waals surface area contributed by atoms with Gasteiger partial charge in [-0.15, -0.1) is 0 Å². The molecule has 0 fully saturated rings. The van der Waals surface area contributed by atoms with Gasteiger partial charge in [0.05, 0.1) is 29.2 Å². The molecule has 1 heterocycles. The van der Waals surface area contributed by atoms with Gasteiger partial charge in [0.2, 0.25) is 0 Å². The van der Waals surface area contributed by atoms with Crippen LogP contribution in [-0.4, -0.2) is 35.5 Å². The number of carbonyl (C=O) groups excluding carboxylic acids is 2. The Morgan fingerprint density at radius 2 is 1.94 bits per heavy atom. The number of aromatic nitrogens is 1. The van der Waals surface area contributed by atoms with Crippen molar-refractivity contribution in [3.63, 3.8) is 0 Å². The van der Waals surface area contributed by atoms with Gasteiger partial charge in [-0.3, -0.25) is 19.9 Å². The van der Waals surface area contributed by atoms with Crippen molar-refractivity contribution in [1.82, 2.24) is 4.98 Å². The van der Waals surface area contributed by atoms with Crippen molar-refractivity contribution in [2.45, 2.75) is 20.3 Å². The number of nitrogens with one attached hydrogen (secondary N) is 1. The number of amides is 1. The van der Waals surface area contributed by atoms with Crippen LogP contribution in [0.3, 0.4) is 0 Å². The Morgan fingerprint density at radius 3 is 2.61 bits per heavy atom. The van der Waals surface area contributed by atoms with Gasteiger partial charge in [0.15, 0.2) is 6.61 Å². The number of hydrogen-bond acceptors (Lipinski definition) is 7. The van der Waals surface area contributed by atoms with Crippen molar-refractivity contribution in [2.75, 3.05) is 19.0 Å². The summed E-state index contributed by atoms with van der Waals surface area (Å²) in [6, 6.07) is 11.2. The molecule has 0 aliphatic rings. The summed E-state index contributed by atoms with van der Waals surface area (Å²) in [6.45, 7) is 3.13. The molecule has 0 spiro atoms. The highest BCUT2D eigenvalue weighted by molar-refractivity contribution is 6.06. The highest BCUT2D eigenvalue weighted by Gasteiger charge is 2.21. The van der Waals surface area contributed by atoms with E-state index < -0.39 is 23.4 Å². The predicted molar refractivity (Wildman–Crippen MR) is 114 cm³/mol. The van der Waals surface area contributed by atoms with E-state index in [0.29, 0.717) is 28.5 Å². The first-order valence-corrected chi connectivity index (χ1v) is 9.53. The van der Waals surface area contributed by atoms with Crippen LogP contribution in [0.1, 0.15) is 28.5 Å². The van der Waals surface area contributed by atoms with E-state index in [9.17, 15) is 19.7 Å². The monoisotopic (exact) mass is 423 g/mol. The molecule has 2 aromatic carbocycles. The number of nitro benzene ring substituents is 1. The van der Waals surface area contributed by atoms with Crippen molar-refractivity contribution in [3.05, 3.63) is 69.4 Å². The number of methoxy groups -OCH3 is 1. The van der Waals surface area contributed by atoms with Gasteiger partial charge in [-0.25, -0.2) is 4.79 Å². The van der Waals surface area contributed by atoms with Crippen LogP contribution in [0.2, 0.25) is 0 Å². The van der Waals surface area contributed by atoms with Crippen LogP contribution < -0.4 is 10.1 Å². The maximum atomic E-state index is 12.8. The van der Waals surface area contributed by atoms with Crippen LogP contribution >= 0.6 is 0 Å². The lowest BCUT2D eigenvalue weighted by molar-refractivity contribution is -0.384. The third-order valence-electron chi connectivity index (χ3n) is 4.79. The Labute approximate surface area is 178 Å². The molecule has 0 unspecified atom stereocenters. The number of rotatable bonds is 7.